The highest BCUT2D eigenvalue weighted by Gasteiger charge is 2.30. The number of ketones is 1. The Hall–Kier alpha value is -2.21. The van der Waals surface area contributed by atoms with Crippen molar-refractivity contribution < 1.29 is 13.2 Å². The number of pyridine rings is 1. The Kier molecular flexibility index (Phi) is 3.70. The molecule has 0 fully saturated rings. The highest BCUT2D eigenvalue weighted by molar-refractivity contribution is 7.92. The first-order valence-electron chi connectivity index (χ1n) is 7.07. The van der Waals surface area contributed by atoms with Gasteiger partial charge in [-0.3, -0.25) is 14.1 Å². The van der Waals surface area contributed by atoms with Gasteiger partial charge in [0.25, 0.3) is 10.0 Å². The van der Waals surface area contributed by atoms with E-state index in [1.54, 1.807) is 30.3 Å². The Morgan fingerprint density at radius 1 is 1.14 bits per heavy atom. The quantitative estimate of drug-likeness (QED) is 0.854. The third kappa shape index (κ3) is 2.50. The lowest BCUT2D eigenvalue weighted by Gasteiger charge is -2.23. The third-order valence-electron chi connectivity index (χ3n) is 3.74. The first-order valence-corrected chi connectivity index (χ1v) is 8.51. The van der Waals surface area contributed by atoms with Crippen LogP contribution in [0.2, 0.25) is 0 Å². The average molecular weight is 316 g/mol. The largest absolute Gasteiger partial charge is 0.294 e. The molecule has 0 spiro atoms. The number of sulfonamides is 1. The Morgan fingerprint density at radius 3 is 2.59 bits per heavy atom. The van der Waals surface area contributed by atoms with Crippen molar-refractivity contribution >= 4 is 21.5 Å². The molecule has 0 radical (unpaired) electrons. The highest BCUT2D eigenvalue weighted by Crippen LogP contribution is 2.30. The summed E-state index contributed by atoms with van der Waals surface area (Å²) in [5, 5.41) is 0. The Morgan fingerprint density at radius 2 is 1.86 bits per heavy atom. The standard InChI is InChI=1S/C16H16N2O3S/c1-12-4-6-13(7-5-12)22(20,21)18-10-2-3-16(19)14-8-9-17-11-15(14)18/h4-9,11H,2-3,10H2,1H3. The predicted octanol–water partition coefficient (Wildman–Crippen LogP) is 2.56. The van der Waals surface area contributed by atoms with Gasteiger partial charge >= 0.3 is 0 Å². The Balaban J connectivity index is 2.12. The number of hydrogen-bond donors (Lipinski definition) is 0. The van der Waals surface area contributed by atoms with E-state index in [2.05, 4.69) is 4.98 Å². The van der Waals surface area contributed by atoms with Crippen LogP contribution in [0.1, 0.15) is 28.8 Å². The van der Waals surface area contributed by atoms with Gasteiger partial charge in [-0.25, -0.2) is 8.42 Å². The molecule has 5 nitrogen and oxygen atoms in total. The number of rotatable bonds is 2. The van der Waals surface area contributed by atoms with Crippen molar-refractivity contribution in [2.75, 3.05) is 10.8 Å². The van der Waals surface area contributed by atoms with Crippen molar-refractivity contribution in [3.8, 4) is 0 Å². The Bertz CT molecular complexity index is 814. The summed E-state index contributed by atoms with van der Waals surface area (Å²) >= 11 is 0. The molecule has 0 N–H and O–H groups in total. The fraction of sp³-hybridized carbons (Fsp3) is 0.250. The second-order valence-electron chi connectivity index (χ2n) is 5.31. The molecule has 0 saturated heterocycles. The normalized spacial score (nSPS) is 15.3. The van der Waals surface area contributed by atoms with Gasteiger partial charge in [-0.05, 0) is 31.5 Å². The van der Waals surface area contributed by atoms with Crippen LogP contribution >= 0.6 is 0 Å². The zero-order chi connectivity index (χ0) is 15.7. The maximum Gasteiger partial charge on any atom is 0.264 e. The summed E-state index contributed by atoms with van der Waals surface area (Å²) in [6, 6.07) is 8.29. The number of benzene rings is 1. The van der Waals surface area contributed by atoms with Gasteiger partial charge in [0.1, 0.15) is 0 Å². The number of Topliss-reactive ketones (excluding diaryl/α,β-unsaturated/α-hetero) is 1. The summed E-state index contributed by atoms with van der Waals surface area (Å²) in [5.41, 5.74) is 1.78. The number of nitrogens with zero attached hydrogens (tertiary/aromatic N) is 2. The Labute approximate surface area is 129 Å². The number of carbonyl (C=O) groups excluding carboxylic acids is 1. The lowest BCUT2D eigenvalue weighted by Crippen LogP contribution is -2.32. The molecule has 114 valence electrons. The van der Waals surface area contributed by atoms with E-state index in [-0.39, 0.29) is 17.2 Å². The van der Waals surface area contributed by atoms with Crippen molar-refractivity contribution in [3.05, 3.63) is 53.9 Å². The fourth-order valence-electron chi connectivity index (χ4n) is 2.55. The van der Waals surface area contributed by atoms with Crippen molar-refractivity contribution in [2.45, 2.75) is 24.7 Å². The van der Waals surface area contributed by atoms with Gasteiger partial charge in [-0.15, -0.1) is 0 Å². The fourth-order valence-corrected chi connectivity index (χ4v) is 4.05. The number of hydrogen-bond acceptors (Lipinski definition) is 4. The van der Waals surface area contributed by atoms with Crippen molar-refractivity contribution in [3.63, 3.8) is 0 Å². The van der Waals surface area contributed by atoms with E-state index in [0.29, 0.717) is 24.1 Å². The third-order valence-corrected chi connectivity index (χ3v) is 5.57. The number of fused-ring (bicyclic) bond motifs is 1. The molecule has 3 rings (SSSR count). The van der Waals surface area contributed by atoms with Gasteiger partial charge in [-0.2, -0.15) is 0 Å². The number of carbonyl (C=O) groups is 1. The summed E-state index contributed by atoms with van der Waals surface area (Å²) in [6.07, 6.45) is 3.80. The first kappa shape index (κ1) is 14.7. The van der Waals surface area contributed by atoms with Crippen LogP contribution in [0.4, 0.5) is 5.69 Å². The molecule has 1 aromatic carbocycles. The summed E-state index contributed by atoms with van der Waals surface area (Å²) in [5.74, 6) is -0.0426. The van der Waals surface area contributed by atoms with Gasteiger partial charge in [0.05, 0.1) is 16.8 Å². The minimum atomic E-state index is -3.70. The molecule has 0 saturated carbocycles. The molecule has 0 unspecified atom stereocenters. The van der Waals surface area contributed by atoms with Crippen LogP contribution in [0, 0.1) is 6.92 Å². The molecule has 1 aromatic heterocycles. The van der Waals surface area contributed by atoms with Crippen LogP contribution in [0.5, 0.6) is 0 Å². The van der Waals surface area contributed by atoms with Crippen molar-refractivity contribution in [1.82, 2.24) is 4.98 Å². The molecule has 6 heteroatoms. The monoisotopic (exact) mass is 316 g/mol. The van der Waals surface area contributed by atoms with Gasteiger partial charge in [-0.1, -0.05) is 17.7 Å². The zero-order valence-corrected chi connectivity index (χ0v) is 13.0. The molecule has 2 heterocycles. The molecular formula is C16H16N2O3S. The first-order chi connectivity index (χ1) is 10.5. The van der Waals surface area contributed by atoms with Crippen LogP contribution in [0.15, 0.2) is 47.6 Å². The molecule has 0 bridgehead atoms. The number of aryl methyl sites for hydroxylation is 1. The van der Waals surface area contributed by atoms with Crippen LogP contribution in [-0.2, 0) is 10.0 Å². The lowest BCUT2D eigenvalue weighted by molar-refractivity contribution is 0.0983. The lowest BCUT2D eigenvalue weighted by atomic mass is 10.1. The van der Waals surface area contributed by atoms with E-state index in [1.807, 2.05) is 6.92 Å². The summed E-state index contributed by atoms with van der Waals surface area (Å²) in [7, 11) is -3.70. The summed E-state index contributed by atoms with van der Waals surface area (Å²) < 4.78 is 27.1. The number of anilines is 1. The molecule has 1 aliphatic rings. The van der Waals surface area contributed by atoms with Crippen LogP contribution < -0.4 is 4.31 Å². The molecule has 0 aliphatic carbocycles. The van der Waals surface area contributed by atoms with Crippen LogP contribution in [0.25, 0.3) is 0 Å². The molecule has 0 atom stereocenters. The second-order valence-corrected chi connectivity index (χ2v) is 7.17. The van der Waals surface area contributed by atoms with Gasteiger partial charge < -0.3 is 0 Å². The molecule has 0 amide bonds. The average Bonchev–Trinajstić information content (AvgIpc) is 2.68. The smallest absolute Gasteiger partial charge is 0.264 e. The summed E-state index contributed by atoms with van der Waals surface area (Å²) in [6.45, 7) is 2.18. The maximum atomic E-state index is 12.9. The summed E-state index contributed by atoms with van der Waals surface area (Å²) in [4.78, 5) is 16.3. The van der Waals surface area contributed by atoms with E-state index in [4.69, 9.17) is 0 Å². The minimum absolute atomic E-state index is 0.0426. The van der Waals surface area contributed by atoms with E-state index >= 15 is 0 Å². The topological polar surface area (TPSA) is 67.3 Å². The zero-order valence-electron chi connectivity index (χ0n) is 12.2. The SMILES string of the molecule is Cc1ccc(S(=O)(=O)N2CCCC(=O)c3ccncc32)cc1. The van der Waals surface area contributed by atoms with E-state index in [1.165, 1.54) is 16.7 Å². The second kappa shape index (κ2) is 5.53. The van der Waals surface area contributed by atoms with Gasteiger partial charge in [0, 0.05) is 24.7 Å². The number of aromatic nitrogens is 1. The van der Waals surface area contributed by atoms with Crippen molar-refractivity contribution in [1.29, 1.82) is 0 Å². The van der Waals surface area contributed by atoms with E-state index < -0.39 is 10.0 Å². The van der Waals surface area contributed by atoms with Crippen LogP contribution in [0.3, 0.4) is 0 Å². The highest BCUT2D eigenvalue weighted by atomic mass is 32.2. The maximum absolute atomic E-state index is 12.9. The van der Waals surface area contributed by atoms with Crippen LogP contribution in [-0.4, -0.2) is 25.7 Å². The van der Waals surface area contributed by atoms with Crippen molar-refractivity contribution in [2.24, 2.45) is 0 Å². The molecule has 1 aliphatic heterocycles. The molecule has 22 heavy (non-hydrogen) atoms. The predicted molar refractivity (Wildman–Crippen MR) is 83.5 cm³/mol. The van der Waals surface area contributed by atoms with Gasteiger partial charge in [0.2, 0.25) is 0 Å². The van der Waals surface area contributed by atoms with Gasteiger partial charge in [0.15, 0.2) is 5.78 Å². The molecule has 2 aromatic rings. The van der Waals surface area contributed by atoms with E-state index in [9.17, 15) is 13.2 Å². The van der Waals surface area contributed by atoms with E-state index in [0.717, 1.165) is 5.56 Å². The molecular weight excluding hydrogens is 300 g/mol. The minimum Gasteiger partial charge on any atom is -0.294 e.